The Labute approximate surface area is 173 Å². The molecule has 1 fully saturated rings. The van der Waals surface area contributed by atoms with Crippen LogP contribution in [0.4, 0.5) is 0 Å². The van der Waals surface area contributed by atoms with Crippen LogP contribution in [-0.2, 0) is 30.1 Å². The van der Waals surface area contributed by atoms with Gasteiger partial charge in [-0.15, -0.1) is 0 Å². The number of likely N-dealkylation sites (tertiary alicyclic amines) is 1. The highest BCUT2D eigenvalue weighted by Gasteiger charge is 2.61. The maximum absolute atomic E-state index is 12.9. The summed E-state index contributed by atoms with van der Waals surface area (Å²) in [4.78, 5) is 39.4. The van der Waals surface area contributed by atoms with Crippen molar-refractivity contribution in [1.29, 1.82) is 0 Å². The predicted octanol–water partition coefficient (Wildman–Crippen LogP) is 2.93. The van der Waals surface area contributed by atoms with Crippen molar-refractivity contribution in [2.24, 2.45) is 0 Å². The molecule has 1 aliphatic heterocycles. The number of amides is 1. The molecule has 0 aromatic heterocycles. The first-order chi connectivity index (χ1) is 13.4. The Morgan fingerprint density at radius 1 is 1.24 bits per heavy atom. The third-order valence-corrected chi connectivity index (χ3v) is 10.5. The molecule has 1 aromatic rings. The number of hydrogen-bond donors (Lipinski definition) is 0. The minimum Gasteiger partial charge on any atom is -0.497 e. The topological polar surface area (TPSA) is 82.1 Å². The Morgan fingerprint density at radius 3 is 2.28 bits per heavy atom. The lowest BCUT2D eigenvalue weighted by Crippen LogP contribution is -2.62. The summed E-state index contributed by atoms with van der Waals surface area (Å²) in [5.41, 5.74) is -1.04. The fourth-order valence-electron chi connectivity index (χ4n) is 3.19. The van der Waals surface area contributed by atoms with E-state index in [4.69, 9.17) is 13.9 Å². The van der Waals surface area contributed by atoms with Gasteiger partial charge in [-0.3, -0.25) is 9.59 Å². The number of methoxy groups -OCH3 is 2. The van der Waals surface area contributed by atoms with E-state index in [0.29, 0.717) is 12.0 Å². The van der Waals surface area contributed by atoms with Crippen LogP contribution in [0.2, 0.25) is 18.1 Å². The van der Waals surface area contributed by atoms with Crippen molar-refractivity contribution >= 4 is 26.5 Å². The lowest BCUT2D eigenvalue weighted by Gasteiger charge is -2.42. The Hall–Kier alpha value is -2.19. The molecule has 1 amide bonds. The van der Waals surface area contributed by atoms with Gasteiger partial charge >= 0.3 is 5.97 Å². The van der Waals surface area contributed by atoms with Gasteiger partial charge in [-0.05, 0) is 35.8 Å². The van der Waals surface area contributed by atoms with Crippen molar-refractivity contribution in [3.63, 3.8) is 0 Å². The molecule has 1 saturated heterocycles. The molecular weight excluding hydrogens is 390 g/mol. The van der Waals surface area contributed by atoms with Gasteiger partial charge in [-0.1, -0.05) is 32.9 Å². The number of carbonyl (C=O) groups excluding carboxylic acids is 3. The minimum absolute atomic E-state index is 0.0451. The van der Waals surface area contributed by atoms with Crippen LogP contribution in [-0.4, -0.2) is 57.2 Å². The van der Waals surface area contributed by atoms with Crippen LogP contribution < -0.4 is 4.74 Å². The molecule has 2 atom stereocenters. The Morgan fingerprint density at radius 2 is 1.83 bits per heavy atom. The van der Waals surface area contributed by atoms with Crippen molar-refractivity contribution in [2.45, 2.75) is 63.5 Å². The summed E-state index contributed by atoms with van der Waals surface area (Å²) in [6.07, 6.45) is -0.430. The van der Waals surface area contributed by atoms with Crippen molar-refractivity contribution in [2.75, 3.05) is 14.2 Å². The molecule has 160 valence electrons. The van der Waals surface area contributed by atoms with E-state index >= 15 is 0 Å². The number of rotatable bonds is 7. The second-order valence-corrected chi connectivity index (χ2v) is 13.6. The summed E-state index contributed by atoms with van der Waals surface area (Å²) in [7, 11) is 0.420. The van der Waals surface area contributed by atoms with Crippen LogP contribution in [0.25, 0.3) is 0 Å². The molecule has 29 heavy (non-hydrogen) atoms. The van der Waals surface area contributed by atoms with Gasteiger partial charge in [0.05, 0.1) is 26.7 Å². The molecule has 1 aromatic carbocycles. The summed E-state index contributed by atoms with van der Waals surface area (Å²) < 4.78 is 16.5. The SMILES string of the molecule is COC(=O)[C@@]1(C=O)[C@@H](O[Si](C)(C)C(C)(C)C)CC(=O)N1Cc1ccc(OC)cc1. The second-order valence-electron chi connectivity index (χ2n) is 8.83. The van der Waals surface area contributed by atoms with Crippen molar-refractivity contribution < 1.29 is 28.3 Å². The standard InChI is InChI=1S/C21H31NO6Si/c1-20(2,3)29(6,7)28-17-12-18(24)22(21(17,14-23)19(25)27-5)13-15-8-10-16(26-4)11-9-15/h8-11,14,17H,12-13H2,1-7H3/t17-,21+/m0/s1. The lowest BCUT2D eigenvalue weighted by molar-refractivity contribution is -0.163. The number of esters is 1. The van der Waals surface area contributed by atoms with E-state index in [2.05, 4.69) is 20.8 Å². The Balaban J connectivity index is 2.45. The highest BCUT2D eigenvalue weighted by Crippen LogP contribution is 2.42. The van der Waals surface area contributed by atoms with E-state index in [1.54, 1.807) is 31.4 Å². The predicted molar refractivity (Wildman–Crippen MR) is 111 cm³/mol. The molecule has 1 heterocycles. The molecule has 2 rings (SSSR count). The van der Waals surface area contributed by atoms with Gasteiger partial charge in [0.25, 0.3) is 0 Å². The summed E-state index contributed by atoms with van der Waals surface area (Å²) in [6.45, 7) is 10.3. The third-order valence-electron chi connectivity index (χ3n) is 6.03. The van der Waals surface area contributed by atoms with E-state index in [-0.39, 0.29) is 23.9 Å². The van der Waals surface area contributed by atoms with E-state index in [1.807, 2.05) is 13.1 Å². The number of ether oxygens (including phenoxy) is 2. The highest BCUT2D eigenvalue weighted by atomic mass is 28.4. The van der Waals surface area contributed by atoms with Gasteiger partial charge in [0, 0.05) is 6.54 Å². The summed E-state index contributed by atoms with van der Waals surface area (Å²) in [6, 6.07) is 7.11. The average molecular weight is 422 g/mol. The quantitative estimate of drug-likeness (QED) is 0.291. The maximum Gasteiger partial charge on any atom is 0.342 e. The molecule has 0 radical (unpaired) electrons. The van der Waals surface area contributed by atoms with Crippen LogP contribution in [0.5, 0.6) is 5.75 Å². The molecule has 1 aliphatic rings. The summed E-state index contributed by atoms with van der Waals surface area (Å²) in [5.74, 6) is -0.423. The van der Waals surface area contributed by atoms with Gasteiger partial charge < -0.3 is 18.8 Å². The van der Waals surface area contributed by atoms with E-state index in [9.17, 15) is 14.4 Å². The average Bonchev–Trinajstić information content (AvgIpc) is 2.91. The number of hydrogen-bond acceptors (Lipinski definition) is 6. The van der Waals surface area contributed by atoms with Gasteiger partial charge in [-0.2, -0.15) is 0 Å². The number of carbonyl (C=O) groups is 3. The molecule has 7 nitrogen and oxygen atoms in total. The first kappa shape index (κ1) is 23.1. The molecule has 0 bridgehead atoms. The van der Waals surface area contributed by atoms with Gasteiger partial charge in [-0.25, -0.2) is 4.79 Å². The zero-order chi connectivity index (χ0) is 22.0. The number of nitrogens with zero attached hydrogens (tertiary/aromatic N) is 1. The molecule has 0 N–H and O–H groups in total. The number of benzene rings is 1. The van der Waals surface area contributed by atoms with Crippen LogP contribution in [0.1, 0.15) is 32.8 Å². The van der Waals surface area contributed by atoms with Gasteiger partial charge in [0.15, 0.2) is 14.6 Å². The van der Waals surface area contributed by atoms with Crippen LogP contribution in [0.3, 0.4) is 0 Å². The van der Waals surface area contributed by atoms with E-state index < -0.39 is 25.9 Å². The van der Waals surface area contributed by atoms with Crippen LogP contribution in [0, 0.1) is 0 Å². The molecule has 0 aliphatic carbocycles. The molecule has 0 unspecified atom stereocenters. The number of aldehydes is 1. The first-order valence-corrected chi connectivity index (χ1v) is 12.5. The fraction of sp³-hybridized carbons (Fsp3) is 0.571. The molecule has 8 heteroatoms. The van der Waals surface area contributed by atoms with Crippen LogP contribution in [0.15, 0.2) is 24.3 Å². The molecule has 0 saturated carbocycles. The monoisotopic (exact) mass is 421 g/mol. The van der Waals surface area contributed by atoms with Crippen molar-refractivity contribution in [1.82, 2.24) is 4.90 Å². The van der Waals surface area contributed by atoms with E-state index in [0.717, 1.165) is 5.56 Å². The van der Waals surface area contributed by atoms with E-state index in [1.165, 1.54) is 12.0 Å². The fourth-order valence-corrected chi connectivity index (χ4v) is 4.52. The normalized spacial score (nSPS) is 22.5. The minimum atomic E-state index is -2.36. The molecular formula is C21H31NO6Si. The Bertz CT molecular complexity index is 770. The highest BCUT2D eigenvalue weighted by molar-refractivity contribution is 6.74. The van der Waals surface area contributed by atoms with Crippen LogP contribution >= 0.6 is 0 Å². The summed E-state index contributed by atoms with van der Waals surface area (Å²) >= 11 is 0. The zero-order valence-corrected chi connectivity index (χ0v) is 19.3. The Kier molecular flexibility index (Phi) is 6.59. The first-order valence-electron chi connectivity index (χ1n) is 9.59. The second kappa shape index (κ2) is 8.28. The third kappa shape index (κ3) is 4.23. The lowest BCUT2D eigenvalue weighted by atomic mass is 9.94. The maximum atomic E-state index is 12.9. The summed E-state index contributed by atoms with van der Waals surface area (Å²) in [5, 5.41) is -0.149. The van der Waals surface area contributed by atoms with Gasteiger partial charge in [0.1, 0.15) is 5.75 Å². The zero-order valence-electron chi connectivity index (χ0n) is 18.3. The van der Waals surface area contributed by atoms with Crippen molar-refractivity contribution in [3.05, 3.63) is 29.8 Å². The largest absolute Gasteiger partial charge is 0.497 e. The van der Waals surface area contributed by atoms with Gasteiger partial charge in [0.2, 0.25) is 11.4 Å². The molecule has 0 spiro atoms. The smallest absolute Gasteiger partial charge is 0.342 e. The van der Waals surface area contributed by atoms with Crippen molar-refractivity contribution in [3.8, 4) is 5.75 Å².